The lowest BCUT2D eigenvalue weighted by Gasteiger charge is -2.71. The molecule has 7 saturated heterocycles. The van der Waals surface area contributed by atoms with Crippen molar-refractivity contribution in [1.82, 2.24) is 0 Å². The van der Waals surface area contributed by atoms with Crippen LogP contribution in [0.15, 0.2) is 11.6 Å². The van der Waals surface area contributed by atoms with Gasteiger partial charge in [-0.2, -0.15) is 0 Å². The van der Waals surface area contributed by atoms with E-state index >= 15 is 4.79 Å². The van der Waals surface area contributed by atoms with Gasteiger partial charge in [-0.1, -0.05) is 53.2 Å². The van der Waals surface area contributed by atoms with Crippen LogP contribution in [0.2, 0.25) is 0 Å². The van der Waals surface area contributed by atoms with E-state index in [1.54, 1.807) is 6.92 Å². The van der Waals surface area contributed by atoms with Gasteiger partial charge in [0.2, 0.25) is 6.29 Å². The fraction of sp³-hybridized carbons (Fsp3) is 0.930. The molecule has 0 aromatic heterocycles. The fourth-order valence-corrected chi connectivity index (χ4v) is 20.2. The van der Waals surface area contributed by atoms with Crippen molar-refractivity contribution in [2.75, 3.05) is 33.5 Å². The van der Waals surface area contributed by atoms with E-state index in [2.05, 4.69) is 40.7 Å². The number of esters is 2. The number of aldehydes is 1. The van der Waals surface area contributed by atoms with Crippen molar-refractivity contribution in [3.63, 3.8) is 0 Å². The molecule has 5 aliphatic carbocycles. The molecular weight excluding hydrogens is 1430 g/mol. The van der Waals surface area contributed by atoms with E-state index in [0.717, 1.165) is 19.0 Å². The molecule has 0 aromatic carbocycles. The van der Waals surface area contributed by atoms with Gasteiger partial charge in [0, 0.05) is 0 Å². The van der Waals surface area contributed by atoms with E-state index in [1.807, 2.05) is 0 Å². The monoisotopic (exact) mass is 1540 g/mol. The van der Waals surface area contributed by atoms with Crippen LogP contribution in [0.1, 0.15) is 120 Å². The highest BCUT2D eigenvalue weighted by molar-refractivity contribution is 5.79. The van der Waals surface area contributed by atoms with Crippen LogP contribution >= 0.6 is 0 Å². The first-order valence-electron chi connectivity index (χ1n) is 37.3. The Labute approximate surface area is 617 Å². The number of hydrogen-bond donors (Lipinski definition) is 18. The highest BCUT2D eigenvalue weighted by Crippen LogP contribution is 2.76. The first-order valence-corrected chi connectivity index (χ1v) is 37.3. The summed E-state index contributed by atoms with van der Waals surface area (Å²) in [7, 11) is 1.02. The predicted octanol–water partition coefficient (Wildman–Crippen LogP) is -5.87. The van der Waals surface area contributed by atoms with Gasteiger partial charge in [0.15, 0.2) is 49.9 Å². The van der Waals surface area contributed by atoms with E-state index in [4.69, 9.17) is 71.1 Å². The van der Waals surface area contributed by atoms with Crippen LogP contribution in [0.25, 0.3) is 0 Å². The molecule has 612 valence electrons. The first kappa shape index (κ1) is 83.5. The van der Waals surface area contributed by atoms with E-state index in [1.165, 1.54) is 13.8 Å². The van der Waals surface area contributed by atoms with Crippen LogP contribution in [-0.4, -0.2) is 353 Å². The van der Waals surface area contributed by atoms with Crippen LogP contribution in [0.3, 0.4) is 0 Å². The Morgan fingerprint density at radius 1 is 0.486 bits per heavy atom. The molecule has 36 nitrogen and oxygen atoms in total. The average Bonchev–Trinajstić information content (AvgIpc) is 0.673. The molecule has 18 N–H and O–H groups in total. The zero-order chi connectivity index (χ0) is 78.0. The summed E-state index contributed by atoms with van der Waals surface area (Å²) in [6, 6.07) is 0. The van der Waals surface area contributed by atoms with Gasteiger partial charge in [0.05, 0.1) is 62.7 Å². The van der Waals surface area contributed by atoms with Crippen LogP contribution in [0.4, 0.5) is 0 Å². The quantitative estimate of drug-likeness (QED) is 0.0263. The third-order valence-corrected chi connectivity index (χ3v) is 27.0. The highest BCUT2D eigenvalue weighted by atomic mass is 16.8. The van der Waals surface area contributed by atoms with Gasteiger partial charge >= 0.3 is 11.9 Å². The van der Waals surface area contributed by atoms with Crippen molar-refractivity contribution in [2.45, 2.75) is 328 Å². The molecule has 0 spiro atoms. The Morgan fingerprint density at radius 3 is 1.57 bits per heavy atom. The van der Waals surface area contributed by atoms with Gasteiger partial charge in [-0.05, 0) is 117 Å². The first-order chi connectivity index (χ1) is 50.3. The van der Waals surface area contributed by atoms with Crippen molar-refractivity contribution in [3.05, 3.63) is 11.6 Å². The fourth-order valence-electron chi connectivity index (χ4n) is 20.2. The van der Waals surface area contributed by atoms with Crippen LogP contribution in [0, 0.1) is 50.2 Å². The summed E-state index contributed by atoms with van der Waals surface area (Å²) in [6.07, 6.45) is -52.8. The zero-order valence-electron chi connectivity index (χ0n) is 61.3. The summed E-state index contributed by atoms with van der Waals surface area (Å²) < 4.78 is 90.6. The summed E-state index contributed by atoms with van der Waals surface area (Å²) in [6.45, 7) is 12.8. The van der Waals surface area contributed by atoms with E-state index in [0.29, 0.717) is 57.8 Å². The molecule has 42 atom stereocenters. The molecule has 12 rings (SSSR count). The minimum absolute atomic E-state index is 0.111. The largest absolute Gasteiger partial charge is 0.467 e. The number of fused-ring (bicyclic) bond motifs is 7. The van der Waals surface area contributed by atoms with Crippen molar-refractivity contribution < 1.29 is 177 Å². The molecule has 0 amide bonds. The molecule has 0 bridgehead atoms. The molecule has 36 heteroatoms. The van der Waals surface area contributed by atoms with Gasteiger partial charge in [0.1, 0.15) is 141 Å². The summed E-state index contributed by atoms with van der Waals surface area (Å²) in [5, 5.41) is 197. The summed E-state index contributed by atoms with van der Waals surface area (Å²) in [4.78, 5) is 43.8. The zero-order valence-corrected chi connectivity index (χ0v) is 61.3. The second-order valence-corrected chi connectivity index (χ2v) is 33.7. The Balaban J connectivity index is 0.808. The molecule has 7 aliphatic heterocycles. The molecule has 0 aromatic rings. The minimum Gasteiger partial charge on any atom is -0.467 e. The average molecular weight is 1540 g/mol. The lowest BCUT2D eigenvalue weighted by atomic mass is 9.33. The molecule has 11 fully saturated rings. The van der Waals surface area contributed by atoms with Gasteiger partial charge in [-0.25, -0.2) is 4.79 Å². The summed E-state index contributed by atoms with van der Waals surface area (Å²) >= 11 is 0. The molecule has 12 aliphatic rings. The maximum absolute atomic E-state index is 15.9. The van der Waals surface area contributed by atoms with Gasteiger partial charge < -0.3 is 168 Å². The number of methoxy groups -OCH3 is 1. The number of carbonyl (C=O) groups is 3. The maximum Gasteiger partial charge on any atom is 0.337 e. The molecule has 4 saturated carbocycles. The number of carbonyl (C=O) groups excluding carboxylic acids is 3. The number of allylic oxidation sites excluding steroid dienone is 2. The van der Waals surface area contributed by atoms with Gasteiger partial charge in [0.25, 0.3) is 0 Å². The smallest absolute Gasteiger partial charge is 0.337 e. The lowest BCUT2D eigenvalue weighted by Crippen LogP contribution is -2.69. The minimum atomic E-state index is -2.09. The standard InChI is InChI=1S/C71H112O36/c1-26-37(77)44(84)55(105-62-50(90)53(103-60-47(87)42(82)40(80)32(21-72)98-60)51(27(2)97-62)101-58-45(85)38(78)30(75)23-94-58)63(96-26)107-65(92)71-18-16-66(3,4)20-29(71)28-10-11-35-67(5)14-13-36(68(6,25-74)34(67)12-15-70(35,8)69(28,7)17-19-71)100-64-56(106-61-48(88)43(83)41(81)33(22-73)99-61)52(49(89)54(104-64)57(91)93-9)102-59-46(86)39(79)31(76)24-95-59/h10,25-27,29-56,58-64,72-73,75-90H,11-24H2,1-9H3/t26-,27+,29+,30-,31-,32-,33-,34-,35-,36+,37+,38+,39+,40-,41+,42+,43+,44+,45-,46-,47-,48-,49+,50-,51+,52+,53+,54+,55-,56-,58+,59+,60+,61+,62+,63+,64-,67+,68+,69-,70-,71+/m1/s1. The van der Waals surface area contributed by atoms with Gasteiger partial charge in [-0.15, -0.1) is 0 Å². The molecule has 0 radical (unpaired) electrons. The molecule has 7 heterocycles. The third kappa shape index (κ3) is 14.6. The Morgan fingerprint density at radius 2 is 1.00 bits per heavy atom. The summed E-state index contributed by atoms with van der Waals surface area (Å²) in [5.41, 5.74) is -3.53. The van der Waals surface area contributed by atoms with Crippen molar-refractivity contribution >= 4 is 18.2 Å². The molecule has 107 heavy (non-hydrogen) atoms. The number of aliphatic hydroxyl groups excluding tert-OH is 18. The Hall–Kier alpha value is -2.89. The predicted molar refractivity (Wildman–Crippen MR) is 351 cm³/mol. The number of rotatable bonds is 18. The number of ether oxygens (including phenoxy) is 15. The van der Waals surface area contributed by atoms with Gasteiger partial charge in [-0.3, -0.25) is 4.79 Å². The topological polar surface area (TPSA) is 554 Å². The highest BCUT2D eigenvalue weighted by Gasteiger charge is 2.72. The third-order valence-electron chi connectivity index (χ3n) is 27.0. The van der Waals surface area contributed by atoms with E-state index < -0.39 is 286 Å². The second-order valence-electron chi connectivity index (χ2n) is 33.7. The lowest BCUT2D eigenvalue weighted by molar-refractivity contribution is -0.394. The van der Waals surface area contributed by atoms with Crippen molar-refractivity contribution in [3.8, 4) is 0 Å². The molecular formula is C71H112O36. The van der Waals surface area contributed by atoms with E-state index in [-0.39, 0.29) is 17.8 Å². The Bertz CT molecular complexity index is 3110. The molecule has 0 unspecified atom stereocenters. The maximum atomic E-state index is 15.9. The second kappa shape index (κ2) is 31.7. The normalized spacial score (nSPS) is 54.2. The Kier molecular flexibility index (Phi) is 24.8. The van der Waals surface area contributed by atoms with Crippen LogP contribution < -0.4 is 0 Å². The number of aliphatic hydroxyl groups is 18. The summed E-state index contributed by atoms with van der Waals surface area (Å²) in [5.74, 6) is -2.79. The van der Waals surface area contributed by atoms with Crippen molar-refractivity contribution in [1.29, 1.82) is 0 Å². The number of hydrogen-bond acceptors (Lipinski definition) is 36. The van der Waals surface area contributed by atoms with E-state index in [9.17, 15) is 102 Å². The van der Waals surface area contributed by atoms with Crippen LogP contribution in [0.5, 0.6) is 0 Å². The van der Waals surface area contributed by atoms with Crippen LogP contribution in [-0.2, 0) is 85.4 Å². The van der Waals surface area contributed by atoms with Crippen molar-refractivity contribution in [2.24, 2.45) is 50.2 Å². The SMILES string of the molecule is COC(=O)[C@H]1O[C@@H](O[C@H]2CC[C@]3(C)[C@H]4CC=C5[C@@H]6CC(C)(C)CC[C@]6(C(=O)O[C@@H]6O[C@H](C)[C@H](O)[C@H](O)[C@H]6O[C@@H]6O[C@@H](C)[C@H](O[C@@H]7OC[C@@H](O)[C@H](O)[C@H]7O)[C@@H](O[C@@H]7O[C@H](CO)[C@@H](O)[C@H](O)[C@H]7O)[C@H]6O)CC[C@@]5(C)[C@]4(C)CC[C@H]3[C@]2(C)C=O)[C@H](O[C@@H]2O[C@H](CO)[C@H](O)[C@H](O)[C@H]2O)[C@@H](O[C@@H]2OC[C@@H](O)[C@H](O)[C@H]2O)[C@@H]1O.